The van der Waals surface area contributed by atoms with Gasteiger partial charge in [-0.3, -0.25) is 4.90 Å². The molecular formula is C26H26F2N2O3. The molecule has 33 heavy (non-hydrogen) atoms. The lowest BCUT2D eigenvalue weighted by atomic mass is 9.82. The van der Waals surface area contributed by atoms with Gasteiger partial charge in [0.15, 0.2) is 0 Å². The van der Waals surface area contributed by atoms with E-state index in [-0.39, 0.29) is 22.6 Å². The van der Waals surface area contributed by atoms with Gasteiger partial charge >= 0.3 is 5.97 Å². The smallest absolute Gasteiger partial charge is 0.328 e. The van der Waals surface area contributed by atoms with Crippen LogP contribution in [-0.2, 0) is 16.0 Å². The molecule has 172 valence electrons. The van der Waals surface area contributed by atoms with Crippen molar-refractivity contribution in [1.29, 1.82) is 0 Å². The molecule has 5 rings (SSSR count). The Morgan fingerprint density at radius 2 is 1.97 bits per heavy atom. The minimum atomic E-state index is -1.18. The van der Waals surface area contributed by atoms with Gasteiger partial charge in [0.05, 0.1) is 19.3 Å². The first-order valence-corrected chi connectivity index (χ1v) is 11.1. The second-order valence-electron chi connectivity index (χ2n) is 9.56. The standard InChI is InChI=1S/C26H26F2N2O3/c1-15-9-18-17-5-3-4-6-21(17)29-24(18)25(30(15)12-26(2)13-33-14-26)23-19(27)10-16(11-20(23)28)7-8-22(31)32/h3-8,10-11,15,25,29H,9,12-14H2,1-2H3,(H,31,32)/b8-7+. The van der Waals surface area contributed by atoms with Crippen LogP contribution in [0.3, 0.4) is 0 Å². The van der Waals surface area contributed by atoms with Crippen LogP contribution in [-0.4, -0.2) is 46.8 Å². The number of benzene rings is 2. The van der Waals surface area contributed by atoms with E-state index in [0.717, 1.165) is 34.7 Å². The predicted molar refractivity (Wildman–Crippen MR) is 122 cm³/mol. The quantitative estimate of drug-likeness (QED) is 0.540. The molecule has 0 spiro atoms. The van der Waals surface area contributed by atoms with E-state index in [1.807, 2.05) is 24.3 Å². The first-order valence-electron chi connectivity index (χ1n) is 11.1. The van der Waals surface area contributed by atoms with Crippen LogP contribution in [0.1, 0.15) is 42.3 Å². The number of aromatic amines is 1. The van der Waals surface area contributed by atoms with Crippen molar-refractivity contribution in [3.8, 4) is 0 Å². The summed E-state index contributed by atoms with van der Waals surface area (Å²) in [6.45, 7) is 6.11. The summed E-state index contributed by atoms with van der Waals surface area (Å²) in [4.78, 5) is 16.5. The highest BCUT2D eigenvalue weighted by Gasteiger charge is 2.44. The molecule has 1 saturated heterocycles. The number of carboxylic acids is 1. The Labute approximate surface area is 190 Å². The van der Waals surface area contributed by atoms with Crippen molar-refractivity contribution < 1.29 is 23.4 Å². The Kier molecular flexibility index (Phi) is 5.34. The molecule has 0 aliphatic carbocycles. The second kappa shape index (κ2) is 8.08. The molecule has 2 N–H and O–H groups in total. The summed E-state index contributed by atoms with van der Waals surface area (Å²) in [5.74, 6) is -2.56. The number of carbonyl (C=O) groups is 1. The molecule has 5 nitrogen and oxygen atoms in total. The molecule has 7 heteroatoms. The van der Waals surface area contributed by atoms with Crippen LogP contribution in [0.5, 0.6) is 0 Å². The van der Waals surface area contributed by atoms with Crippen molar-refractivity contribution in [2.75, 3.05) is 19.8 Å². The highest BCUT2D eigenvalue weighted by Crippen LogP contribution is 2.44. The topological polar surface area (TPSA) is 65.6 Å². The van der Waals surface area contributed by atoms with Crippen molar-refractivity contribution in [1.82, 2.24) is 9.88 Å². The lowest BCUT2D eigenvalue weighted by Crippen LogP contribution is -2.54. The third-order valence-electron chi connectivity index (χ3n) is 6.78. The molecule has 2 aliphatic heterocycles. The Bertz CT molecular complexity index is 1240. The average molecular weight is 453 g/mol. The molecule has 3 aromatic rings. The zero-order valence-electron chi connectivity index (χ0n) is 18.6. The molecule has 2 aliphatic rings. The van der Waals surface area contributed by atoms with E-state index < -0.39 is 23.6 Å². The number of rotatable bonds is 5. The van der Waals surface area contributed by atoms with Crippen molar-refractivity contribution in [2.24, 2.45) is 5.41 Å². The number of H-pyrrole nitrogens is 1. The van der Waals surface area contributed by atoms with Crippen LogP contribution in [0.2, 0.25) is 0 Å². The van der Waals surface area contributed by atoms with Gasteiger partial charge in [-0.15, -0.1) is 0 Å². The molecule has 1 fully saturated rings. The van der Waals surface area contributed by atoms with Gasteiger partial charge in [-0.2, -0.15) is 0 Å². The van der Waals surface area contributed by atoms with Crippen LogP contribution in [0, 0.1) is 17.0 Å². The van der Waals surface area contributed by atoms with Crippen molar-refractivity contribution in [3.63, 3.8) is 0 Å². The van der Waals surface area contributed by atoms with Crippen LogP contribution in [0.4, 0.5) is 8.78 Å². The number of nitrogens with one attached hydrogen (secondary N) is 1. The predicted octanol–water partition coefficient (Wildman–Crippen LogP) is 4.92. The van der Waals surface area contributed by atoms with E-state index in [4.69, 9.17) is 9.84 Å². The number of fused-ring (bicyclic) bond motifs is 3. The normalized spacial score (nSPS) is 22.4. The minimum absolute atomic E-state index is 0.0225. The Balaban J connectivity index is 1.67. The number of aliphatic carboxylic acids is 1. The molecule has 2 atom stereocenters. The SMILES string of the molecule is CC1Cc2c([nH]c3ccccc23)C(c2c(F)cc(/C=C/C(=O)O)cc2F)N1CC1(C)COC1. The molecule has 1 aromatic heterocycles. The number of ether oxygens (including phenoxy) is 1. The number of carboxylic acid groups (broad SMARTS) is 1. The lowest BCUT2D eigenvalue weighted by molar-refractivity contribution is -0.131. The van der Waals surface area contributed by atoms with E-state index >= 15 is 8.78 Å². The Morgan fingerprint density at radius 3 is 2.61 bits per heavy atom. The minimum Gasteiger partial charge on any atom is -0.478 e. The number of hydrogen-bond acceptors (Lipinski definition) is 3. The summed E-state index contributed by atoms with van der Waals surface area (Å²) in [6.07, 6.45) is 2.84. The highest BCUT2D eigenvalue weighted by molar-refractivity contribution is 5.86. The lowest BCUT2D eigenvalue weighted by Gasteiger charge is -2.48. The molecule has 3 heterocycles. The zero-order valence-corrected chi connectivity index (χ0v) is 18.6. The van der Waals surface area contributed by atoms with E-state index in [0.29, 0.717) is 19.8 Å². The molecule has 0 bridgehead atoms. The van der Waals surface area contributed by atoms with Crippen LogP contribution >= 0.6 is 0 Å². The van der Waals surface area contributed by atoms with Gasteiger partial charge in [0.25, 0.3) is 0 Å². The van der Waals surface area contributed by atoms with E-state index in [9.17, 15) is 4.79 Å². The number of hydrogen-bond donors (Lipinski definition) is 2. The Hall–Kier alpha value is -3.03. The third kappa shape index (κ3) is 3.85. The summed E-state index contributed by atoms with van der Waals surface area (Å²) in [7, 11) is 0. The van der Waals surface area contributed by atoms with Gasteiger partial charge in [0.2, 0.25) is 0 Å². The summed E-state index contributed by atoms with van der Waals surface area (Å²) in [5, 5.41) is 9.93. The summed E-state index contributed by atoms with van der Waals surface area (Å²) in [5.41, 5.74) is 2.91. The van der Waals surface area contributed by atoms with Gasteiger partial charge in [0.1, 0.15) is 11.6 Å². The van der Waals surface area contributed by atoms with E-state index in [2.05, 4.69) is 23.7 Å². The molecule has 0 amide bonds. The number of halogens is 2. The zero-order chi connectivity index (χ0) is 23.3. The maximum atomic E-state index is 15.5. The first kappa shape index (κ1) is 21.8. The van der Waals surface area contributed by atoms with Crippen molar-refractivity contribution in [3.05, 3.63) is 76.5 Å². The molecular weight excluding hydrogens is 426 g/mol. The first-order chi connectivity index (χ1) is 15.8. The van der Waals surface area contributed by atoms with Crippen LogP contribution in [0.15, 0.2) is 42.5 Å². The second-order valence-corrected chi connectivity index (χ2v) is 9.56. The maximum Gasteiger partial charge on any atom is 0.328 e. The van der Waals surface area contributed by atoms with Gasteiger partial charge in [-0.05, 0) is 48.7 Å². The molecule has 0 radical (unpaired) electrons. The van der Waals surface area contributed by atoms with Gasteiger partial charge in [-0.1, -0.05) is 25.1 Å². The van der Waals surface area contributed by atoms with E-state index in [1.165, 1.54) is 18.2 Å². The molecule has 2 aromatic carbocycles. The summed E-state index contributed by atoms with van der Waals surface area (Å²) >= 11 is 0. The van der Waals surface area contributed by atoms with Crippen molar-refractivity contribution >= 4 is 22.9 Å². The maximum absolute atomic E-state index is 15.5. The monoisotopic (exact) mass is 452 g/mol. The fourth-order valence-electron chi connectivity index (χ4n) is 5.18. The van der Waals surface area contributed by atoms with Gasteiger partial charge < -0.3 is 14.8 Å². The number of aromatic nitrogens is 1. The third-order valence-corrected chi connectivity index (χ3v) is 6.78. The van der Waals surface area contributed by atoms with Crippen LogP contribution < -0.4 is 0 Å². The Morgan fingerprint density at radius 1 is 1.27 bits per heavy atom. The van der Waals surface area contributed by atoms with E-state index in [1.54, 1.807) is 0 Å². The van der Waals surface area contributed by atoms with Gasteiger partial charge in [0, 0.05) is 46.2 Å². The summed E-state index contributed by atoms with van der Waals surface area (Å²) in [6, 6.07) is 9.76. The highest BCUT2D eigenvalue weighted by atomic mass is 19.1. The number of para-hydroxylation sites is 1. The van der Waals surface area contributed by atoms with Gasteiger partial charge in [-0.25, -0.2) is 13.6 Å². The number of nitrogens with zero attached hydrogens (tertiary/aromatic N) is 1. The van der Waals surface area contributed by atoms with Crippen LogP contribution in [0.25, 0.3) is 17.0 Å². The molecule has 0 saturated carbocycles. The fourth-order valence-corrected chi connectivity index (χ4v) is 5.18. The molecule has 2 unspecified atom stereocenters. The largest absolute Gasteiger partial charge is 0.478 e. The average Bonchev–Trinajstić information content (AvgIpc) is 3.10. The summed E-state index contributed by atoms with van der Waals surface area (Å²) < 4.78 is 36.5. The fraction of sp³-hybridized carbons (Fsp3) is 0.346. The van der Waals surface area contributed by atoms with Crippen molar-refractivity contribution in [2.45, 2.75) is 32.4 Å².